The van der Waals surface area contributed by atoms with Gasteiger partial charge in [-0.2, -0.15) is 0 Å². The van der Waals surface area contributed by atoms with Crippen LogP contribution in [0.2, 0.25) is 5.02 Å². The number of benzene rings is 1. The van der Waals surface area contributed by atoms with Crippen LogP contribution in [-0.4, -0.2) is 43.1 Å². The summed E-state index contributed by atoms with van der Waals surface area (Å²) in [5.41, 5.74) is 1.06. The van der Waals surface area contributed by atoms with Crippen LogP contribution >= 0.6 is 11.6 Å². The Balaban J connectivity index is 1.95. The van der Waals surface area contributed by atoms with E-state index in [4.69, 9.17) is 16.3 Å². The van der Waals surface area contributed by atoms with Crippen LogP contribution in [0.25, 0.3) is 0 Å². The van der Waals surface area contributed by atoms with Gasteiger partial charge in [-0.25, -0.2) is 0 Å². The number of hydrogen-bond acceptors (Lipinski definition) is 3. The molecule has 1 aromatic carbocycles. The van der Waals surface area contributed by atoms with Crippen molar-refractivity contribution in [2.45, 2.75) is 38.8 Å². The van der Waals surface area contributed by atoms with Crippen molar-refractivity contribution < 1.29 is 9.53 Å². The highest BCUT2D eigenvalue weighted by Gasteiger charge is 2.26. The van der Waals surface area contributed by atoms with E-state index in [-0.39, 0.29) is 5.91 Å². The lowest BCUT2D eigenvalue weighted by Crippen LogP contribution is -2.48. The van der Waals surface area contributed by atoms with Gasteiger partial charge in [-0.05, 0) is 51.4 Å². The van der Waals surface area contributed by atoms with Crippen molar-refractivity contribution >= 4 is 17.5 Å². The summed E-state index contributed by atoms with van der Waals surface area (Å²) < 4.78 is 5.76. The first-order valence-electron chi connectivity index (χ1n) is 7.40. The van der Waals surface area contributed by atoms with Gasteiger partial charge in [0.05, 0.1) is 5.02 Å². The molecule has 1 unspecified atom stereocenters. The van der Waals surface area contributed by atoms with Crippen molar-refractivity contribution in [3.8, 4) is 5.75 Å². The number of nitrogens with zero attached hydrogens (tertiary/aromatic N) is 1. The predicted molar refractivity (Wildman–Crippen MR) is 84.9 cm³/mol. The van der Waals surface area contributed by atoms with Gasteiger partial charge in [-0.3, -0.25) is 4.79 Å². The van der Waals surface area contributed by atoms with Gasteiger partial charge in [0, 0.05) is 19.1 Å². The first-order valence-corrected chi connectivity index (χ1v) is 7.78. The fraction of sp³-hybridized carbons (Fsp3) is 0.562. The number of carbonyl (C=O) groups excluding carboxylic acids is 1. The molecule has 0 radical (unpaired) electrons. The molecule has 5 heteroatoms. The maximum Gasteiger partial charge on any atom is 0.263 e. The molecule has 1 aliphatic heterocycles. The number of halogens is 1. The quantitative estimate of drug-likeness (QED) is 0.929. The molecule has 0 saturated carbocycles. The summed E-state index contributed by atoms with van der Waals surface area (Å²) in [7, 11) is 1.97. The van der Waals surface area contributed by atoms with Gasteiger partial charge < -0.3 is 15.0 Å². The highest BCUT2D eigenvalue weighted by atomic mass is 35.5. The third kappa shape index (κ3) is 4.11. The smallest absolute Gasteiger partial charge is 0.263 e. The molecule has 1 amide bonds. The number of aryl methyl sites for hydroxylation is 1. The Morgan fingerprint density at radius 3 is 2.71 bits per heavy atom. The summed E-state index contributed by atoms with van der Waals surface area (Å²) in [5, 5.41) is 3.80. The average Bonchev–Trinajstić information content (AvgIpc) is 2.50. The fourth-order valence-corrected chi connectivity index (χ4v) is 2.75. The normalized spacial score (nSPS) is 17.6. The lowest BCUT2D eigenvalue weighted by Gasteiger charge is -2.33. The summed E-state index contributed by atoms with van der Waals surface area (Å²) in [6.45, 7) is 5.31. The molecule has 2 rings (SSSR count). The van der Waals surface area contributed by atoms with Crippen molar-refractivity contribution in [3.05, 3.63) is 28.8 Å². The van der Waals surface area contributed by atoms with Crippen molar-refractivity contribution in [3.63, 3.8) is 0 Å². The minimum absolute atomic E-state index is 0.0297. The van der Waals surface area contributed by atoms with Crippen LogP contribution in [0.5, 0.6) is 5.75 Å². The summed E-state index contributed by atoms with van der Waals surface area (Å²) >= 11 is 6.11. The minimum atomic E-state index is -0.518. The van der Waals surface area contributed by atoms with Crippen LogP contribution in [0.4, 0.5) is 0 Å². The van der Waals surface area contributed by atoms with Crippen LogP contribution in [0.15, 0.2) is 18.2 Å². The van der Waals surface area contributed by atoms with Crippen molar-refractivity contribution in [2.75, 3.05) is 20.1 Å². The first-order chi connectivity index (χ1) is 10.0. The predicted octanol–water partition coefficient (Wildman–Crippen LogP) is 2.63. The number of hydrogen-bond donors (Lipinski definition) is 1. The van der Waals surface area contributed by atoms with Crippen LogP contribution < -0.4 is 10.1 Å². The van der Waals surface area contributed by atoms with Crippen LogP contribution in [0, 0.1) is 6.92 Å². The number of ether oxygens (including phenoxy) is 1. The van der Waals surface area contributed by atoms with E-state index in [2.05, 4.69) is 5.32 Å². The number of likely N-dealkylation sites (tertiary alicyclic amines) is 1. The monoisotopic (exact) mass is 310 g/mol. The lowest BCUT2D eigenvalue weighted by molar-refractivity contribution is -0.139. The SMILES string of the molecule is CNC1CCN(C(=O)C(C)Oc2cc(C)ccc2Cl)CC1. The zero-order valence-corrected chi connectivity index (χ0v) is 13.6. The molecule has 1 atom stereocenters. The van der Waals surface area contributed by atoms with E-state index in [0.29, 0.717) is 16.8 Å². The average molecular weight is 311 g/mol. The van der Waals surface area contributed by atoms with Crippen molar-refractivity contribution in [1.82, 2.24) is 10.2 Å². The number of rotatable bonds is 4. The standard InChI is InChI=1S/C16H23ClN2O2/c1-11-4-5-14(17)15(10-11)21-12(2)16(20)19-8-6-13(18-3)7-9-19/h4-5,10,12-13,18H,6-9H2,1-3H3. The Bertz CT molecular complexity index is 499. The Labute approximate surface area is 131 Å². The molecule has 1 heterocycles. The summed E-state index contributed by atoms with van der Waals surface area (Å²) in [4.78, 5) is 14.3. The zero-order valence-electron chi connectivity index (χ0n) is 12.9. The van der Waals surface area contributed by atoms with E-state index in [1.54, 1.807) is 13.0 Å². The van der Waals surface area contributed by atoms with E-state index in [0.717, 1.165) is 31.5 Å². The summed E-state index contributed by atoms with van der Waals surface area (Å²) in [6, 6.07) is 6.09. The highest BCUT2D eigenvalue weighted by molar-refractivity contribution is 6.32. The fourth-order valence-electron chi connectivity index (χ4n) is 2.59. The van der Waals surface area contributed by atoms with Gasteiger partial charge in [0.15, 0.2) is 6.10 Å². The van der Waals surface area contributed by atoms with Crippen molar-refractivity contribution in [1.29, 1.82) is 0 Å². The van der Waals surface area contributed by atoms with Crippen LogP contribution in [0.1, 0.15) is 25.3 Å². The Kier molecular flexibility index (Phi) is 5.48. The lowest BCUT2D eigenvalue weighted by atomic mass is 10.0. The zero-order chi connectivity index (χ0) is 15.4. The molecule has 1 aliphatic rings. The van der Waals surface area contributed by atoms with E-state index >= 15 is 0 Å². The largest absolute Gasteiger partial charge is 0.479 e. The number of carbonyl (C=O) groups is 1. The molecule has 0 bridgehead atoms. The molecule has 21 heavy (non-hydrogen) atoms. The van der Waals surface area contributed by atoms with E-state index < -0.39 is 6.10 Å². The van der Waals surface area contributed by atoms with Gasteiger partial charge in [-0.15, -0.1) is 0 Å². The third-order valence-corrected chi connectivity index (χ3v) is 4.27. The topological polar surface area (TPSA) is 41.6 Å². The third-order valence-electron chi connectivity index (χ3n) is 3.95. The van der Waals surface area contributed by atoms with Gasteiger partial charge in [0.2, 0.25) is 0 Å². The number of amides is 1. The molecule has 0 aromatic heterocycles. The molecular weight excluding hydrogens is 288 g/mol. The molecule has 1 aromatic rings. The molecule has 1 fully saturated rings. The maximum atomic E-state index is 12.4. The Morgan fingerprint density at radius 2 is 2.10 bits per heavy atom. The molecule has 4 nitrogen and oxygen atoms in total. The number of nitrogens with one attached hydrogen (secondary N) is 1. The second kappa shape index (κ2) is 7.14. The molecule has 116 valence electrons. The second-order valence-electron chi connectivity index (χ2n) is 5.58. The van der Waals surface area contributed by atoms with E-state index in [9.17, 15) is 4.79 Å². The molecule has 0 aliphatic carbocycles. The number of piperidine rings is 1. The van der Waals surface area contributed by atoms with Gasteiger partial charge >= 0.3 is 0 Å². The van der Waals surface area contributed by atoms with Gasteiger partial charge in [0.25, 0.3) is 5.91 Å². The molecule has 1 N–H and O–H groups in total. The first kappa shape index (κ1) is 16.1. The molecular formula is C16H23ClN2O2. The second-order valence-corrected chi connectivity index (χ2v) is 5.99. The van der Waals surface area contributed by atoms with Crippen LogP contribution in [-0.2, 0) is 4.79 Å². The summed E-state index contributed by atoms with van der Waals surface area (Å²) in [6.07, 6.45) is 1.45. The van der Waals surface area contributed by atoms with Gasteiger partial charge in [-0.1, -0.05) is 17.7 Å². The Hall–Kier alpha value is -1.26. The van der Waals surface area contributed by atoms with Gasteiger partial charge in [0.1, 0.15) is 5.75 Å². The van der Waals surface area contributed by atoms with Crippen LogP contribution in [0.3, 0.4) is 0 Å². The molecule has 0 spiro atoms. The Morgan fingerprint density at radius 1 is 1.43 bits per heavy atom. The van der Waals surface area contributed by atoms with E-state index in [1.807, 2.05) is 31.0 Å². The van der Waals surface area contributed by atoms with E-state index in [1.165, 1.54) is 0 Å². The summed E-state index contributed by atoms with van der Waals surface area (Å²) in [5.74, 6) is 0.602. The van der Waals surface area contributed by atoms with Crippen molar-refractivity contribution in [2.24, 2.45) is 0 Å². The minimum Gasteiger partial charge on any atom is -0.479 e. The maximum absolute atomic E-state index is 12.4. The molecule has 1 saturated heterocycles. The highest BCUT2D eigenvalue weighted by Crippen LogP contribution is 2.26.